The second-order valence-electron chi connectivity index (χ2n) is 4.40. The van der Waals surface area contributed by atoms with Crippen LogP contribution in [0.1, 0.15) is 0 Å². The highest BCUT2D eigenvalue weighted by atomic mass is 35.5. The molecule has 0 radical (unpaired) electrons. The topological polar surface area (TPSA) is 57.4 Å². The second kappa shape index (κ2) is 3.83. The van der Waals surface area contributed by atoms with Crippen LogP contribution in [-0.4, -0.2) is 20.2 Å². The quantitative estimate of drug-likeness (QED) is 0.552. The molecule has 4 aromatic rings. The Kier molecular flexibility index (Phi) is 2.13. The molecule has 0 saturated carbocycles. The fourth-order valence-corrected chi connectivity index (χ4v) is 2.30. The number of H-pyrrole nitrogens is 2. The Balaban J connectivity index is 1.93. The minimum absolute atomic E-state index is 0.712. The number of aromatic amines is 2. The highest BCUT2D eigenvalue weighted by Gasteiger charge is 2.08. The zero-order chi connectivity index (χ0) is 12.8. The number of hydrogen-bond acceptors (Lipinski definition) is 2. The van der Waals surface area contributed by atoms with E-state index in [1.54, 1.807) is 0 Å². The lowest BCUT2D eigenvalue weighted by molar-refractivity contribution is 1.12. The maximum absolute atomic E-state index is 5.89. The highest BCUT2D eigenvalue weighted by Crippen LogP contribution is 2.24. The van der Waals surface area contributed by atoms with Crippen LogP contribution in [-0.2, 0) is 0 Å². The molecule has 5 heteroatoms. The fraction of sp³-hybridized carbons (Fsp3) is 0. The van der Waals surface area contributed by atoms with Gasteiger partial charge in [-0.05, 0) is 36.4 Å². The molecule has 92 valence electrons. The number of benzene rings is 2. The van der Waals surface area contributed by atoms with Crippen molar-refractivity contribution in [1.29, 1.82) is 0 Å². The molecule has 4 nitrogen and oxygen atoms in total. The molecule has 2 aromatic carbocycles. The Morgan fingerprint density at radius 2 is 1.68 bits per heavy atom. The number of imidazole rings is 1. The molecular formula is C14H9ClN4. The van der Waals surface area contributed by atoms with Gasteiger partial charge in [0.25, 0.3) is 0 Å². The van der Waals surface area contributed by atoms with Crippen molar-refractivity contribution < 1.29 is 0 Å². The fourth-order valence-electron chi connectivity index (χ4n) is 2.17. The summed E-state index contributed by atoms with van der Waals surface area (Å²) in [5.41, 5.74) is 3.77. The van der Waals surface area contributed by atoms with Crippen molar-refractivity contribution in [1.82, 2.24) is 20.2 Å². The summed E-state index contributed by atoms with van der Waals surface area (Å²) in [6.45, 7) is 0. The predicted octanol–water partition coefficient (Wildman–Crippen LogP) is 3.76. The van der Waals surface area contributed by atoms with E-state index in [4.69, 9.17) is 11.6 Å². The van der Waals surface area contributed by atoms with Crippen LogP contribution in [0, 0.1) is 0 Å². The summed E-state index contributed by atoms with van der Waals surface area (Å²) in [4.78, 5) is 9.11. The van der Waals surface area contributed by atoms with Crippen LogP contribution in [0.2, 0.25) is 5.02 Å². The molecule has 0 atom stereocenters. The van der Waals surface area contributed by atoms with Gasteiger partial charge in [-0.2, -0.15) is 0 Å². The summed E-state index contributed by atoms with van der Waals surface area (Å²) in [6.07, 6.45) is 1.91. The Morgan fingerprint density at radius 3 is 2.47 bits per heavy atom. The lowest BCUT2D eigenvalue weighted by Crippen LogP contribution is -1.78. The van der Waals surface area contributed by atoms with Crippen molar-refractivity contribution in [3.05, 3.63) is 47.6 Å². The van der Waals surface area contributed by atoms with Crippen LogP contribution in [0.15, 0.2) is 42.6 Å². The standard InChI is InChI=1S/C14H9ClN4/c15-10-3-1-8(2-4-10)14-17-12-5-9-7-16-19-11(9)6-13(12)18-14/h1-7,16,19H. The molecule has 0 unspecified atom stereocenters. The minimum Gasteiger partial charge on any atom is -0.307 e. The monoisotopic (exact) mass is 268 g/mol. The van der Waals surface area contributed by atoms with Crippen LogP contribution in [0.4, 0.5) is 0 Å². The third-order valence-electron chi connectivity index (χ3n) is 3.14. The third kappa shape index (κ3) is 1.69. The molecule has 0 spiro atoms. The molecule has 4 rings (SSSR count). The maximum Gasteiger partial charge on any atom is 0.160 e. The molecule has 0 aliphatic heterocycles. The van der Waals surface area contributed by atoms with E-state index in [2.05, 4.69) is 20.2 Å². The van der Waals surface area contributed by atoms with Crippen molar-refractivity contribution in [3.63, 3.8) is 0 Å². The van der Waals surface area contributed by atoms with Gasteiger partial charge in [-0.25, -0.2) is 9.97 Å². The first-order valence-corrected chi connectivity index (χ1v) is 6.26. The van der Waals surface area contributed by atoms with Gasteiger partial charge in [0, 0.05) is 22.2 Å². The predicted molar refractivity (Wildman–Crippen MR) is 76.2 cm³/mol. The van der Waals surface area contributed by atoms with Crippen molar-refractivity contribution in [2.75, 3.05) is 0 Å². The number of halogens is 1. The maximum atomic E-state index is 5.89. The first-order valence-electron chi connectivity index (χ1n) is 5.89. The van der Waals surface area contributed by atoms with E-state index in [9.17, 15) is 0 Å². The number of hydrogen-bond donors (Lipinski definition) is 2. The van der Waals surface area contributed by atoms with Crippen molar-refractivity contribution in [2.45, 2.75) is 0 Å². The largest absolute Gasteiger partial charge is 0.307 e. The smallest absolute Gasteiger partial charge is 0.160 e. The van der Waals surface area contributed by atoms with E-state index in [0.717, 1.165) is 33.3 Å². The van der Waals surface area contributed by atoms with Gasteiger partial charge in [-0.3, -0.25) is 0 Å². The lowest BCUT2D eigenvalue weighted by atomic mass is 10.2. The summed E-state index contributed by atoms with van der Waals surface area (Å²) < 4.78 is 0. The van der Waals surface area contributed by atoms with Gasteiger partial charge in [0.05, 0.1) is 16.6 Å². The summed E-state index contributed by atoms with van der Waals surface area (Å²) in [6, 6.07) is 11.6. The summed E-state index contributed by atoms with van der Waals surface area (Å²) in [5, 5.41) is 7.82. The van der Waals surface area contributed by atoms with Gasteiger partial charge >= 0.3 is 0 Å². The van der Waals surface area contributed by atoms with E-state index < -0.39 is 0 Å². The van der Waals surface area contributed by atoms with Crippen molar-refractivity contribution in [3.8, 4) is 11.4 Å². The Bertz CT molecular complexity index is 825. The van der Waals surface area contributed by atoms with Crippen LogP contribution in [0.5, 0.6) is 0 Å². The molecule has 2 aromatic heterocycles. The Labute approximate surface area is 113 Å². The van der Waals surface area contributed by atoms with E-state index in [-0.39, 0.29) is 0 Å². The van der Waals surface area contributed by atoms with Crippen LogP contribution >= 0.6 is 11.6 Å². The number of rotatable bonds is 1. The first kappa shape index (κ1) is 10.6. The second-order valence-corrected chi connectivity index (χ2v) is 4.83. The SMILES string of the molecule is Clc1ccc(-c2nc3cc4c[nH][nH]c4cc3n2)cc1. The Morgan fingerprint density at radius 1 is 0.947 bits per heavy atom. The van der Waals surface area contributed by atoms with Crippen LogP contribution < -0.4 is 0 Å². The van der Waals surface area contributed by atoms with Gasteiger partial charge < -0.3 is 10.2 Å². The first-order chi connectivity index (χ1) is 9.29. The van der Waals surface area contributed by atoms with E-state index in [1.807, 2.05) is 42.6 Å². The number of nitrogens with one attached hydrogen (secondary N) is 2. The van der Waals surface area contributed by atoms with E-state index >= 15 is 0 Å². The zero-order valence-corrected chi connectivity index (χ0v) is 10.6. The molecule has 0 aliphatic carbocycles. The van der Waals surface area contributed by atoms with Gasteiger partial charge in [0.2, 0.25) is 0 Å². The van der Waals surface area contributed by atoms with Crippen LogP contribution in [0.25, 0.3) is 33.3 Å². The summed E-state index contributed by atoms with van der Waals surface area (Å²) >= 11 is 5.89. The van der Waals surface area contributed by atoms with E-state index in [0.29, 0.717) is 5.02 Å². The van der Waals surface area contributed by atoms with Gasteiger partial charge in [-0.1, -0.05) is 11.6 Å². The molecule has 0 fully saturated rings. The molecule has 0 aliphatic rings. The van der Waals surface area contributed by atoms with Crippen LogP contribution in [0.3, 0.4) is 0 Å². The number of nitrogens with zero attached hydrogens (tertiary/aromatic N) is 2. The molecule has 0 saturated heterocycles. The minimum atomic E-state index is 0.712. The molecule has 2 heterocycles. The average Bonchev–Trinajstić information content (AvgIpc) is 3.01. The van der Waals surface area contributed by atoms with Gasteiger partial charge in [0.1, 0.15) is 0 Å². The summed E-state index contributed by atoms with van der Waals surface area (Å²) in [5.74, 6) is 0.725. The van der Waals surface area contributed by atoms with Crippen molar-refractivity contribution >= 4 is 33.5 Å². The average molecular weight is 269 g/mol. The molecular weight excluding hydrogens is 260 g/mol. The molecule has 0 bridgehead atoms. The normalized spacial score (nSPS) is 11.4. The lowest BCUT2D eigenvalue weighted by Gasteiger charge is -1.94. The van der Waals surface area contributed by atoms with Gasteiger partial charge in [0.15, 0.2) is 5.82 Å². The van der Waals surface area contributed by atoms with Crippen molar-refractivity contribution in [2.24, 2.45) is 0 Å². The van der Waals surface area contributed by atoms with Gasteiger partial charge in [-0.15, -0.1) is 0 Å². The third-order valence-corrected chi connectivity index (χ3v) is 3.39. The number of fused-ring (bicyclic) bond motifs is 2. The zero-order valence-electron chi connectivity index (χ0n) is 9.81. The number of aromatic nitrogens is 4. The summed E-state index contributed by atoms with van der Waals surface area (Å²) in [7, 11) is 0. The molecule has 0 amide bonds. The Hall–Kier alpha value is -2.33. The van der Waals surface area contributed by atoms with E-state index in [1.165, 1.54) is 0 Å². The molecule has 19 heavy (non-hydrogen) atoms. The highest BCUT2D eigenvalue weighted by molar-refractivity contribution is 6.30. The molecule has 2 N–H and O–H groups in total.